The molecule has 0 heterocycles. The lowest BCUT2D eigenvalue weighted by Gasteiger charge is -2.20. The molecule has 9 nitrogen and oxygen atoms in total. The van der Waals surface area contributed by atoms with Crippen molar-refractivity contribution in [3.63, 3.8) is 0 Å². The highest BCUT2D eigenvalue weighted by atomic mass is 18.2. The molecule has 0 bridgehead atoms. The molecule has 132 valence electrons. The fraction of sp³-hybridized carbons (Fsp3) is 0.692. The van der Waals surface area contributed by atoms with Crippen LogP contribution in [0.2, 0.25) is 0 Å². The minimum atomic E-state index is -1.61. The Morgan fingerprint density at radius 2 is 1.39 bits per heavy atom. The molecular formula is C13H21FN2O7. The van der Waals surface area contributed by atoms with Gasteiger partial charge in [0.15, 0.2) is 0 Å². The van der Waals surface area contributed by atoms with Crippen LogP contribution in [-0.2, 0) is 14.4 Å². The molecule has 0 saturated heterocycles. The van der Waals surface area contributed by atoms with Crippen molar-refractivity contribution >= 4 is 23.9 Å². The standard InChI is InChI=1S/C13H21FN2O7/c1-13(2,14)6-5-8(11(21)22)16-12(23)15-7(10(19)20)3-4-9(17)18/h7-8H,3-6H2,1-2H3,(H,17,18)(H,19,20)(H,21,22)(H2,15,16,23)/t7-,8-/m0/s1/i14-1. The maximum absolute atomic E-state index is 13.4. The molecule has 0 aromatic heterocycles. The number of carboxylic acids is 3. The van der Waals surface area contributed by atoms with Crippen molar-refractivity contribution in [2.45, 2.75) is 57.3 Å². The van der Waals surface area contributed by atoms with E-state index in [1.165, 1.54) is 13.8 Å². The number of carbonyl (C=O) groups excluding carboxylic acids is 1. The van der Waals surface area contributed by atoms with E-state index >= 15 is 0 Å². The summed E-state index contributed by atoms with van der Waals surface area (Å²) in [5.41, 5.74) is -1.61. The Kier molecular flexibility index (Phi) is 7.98. The summed E-state index contributed by atoms with van der Waals surface area (Å²) >= 11 is 0. The number of aliphatic carboxylic acids is 3. The van der Waals surface area contributed by atoms with Crippen LogP contribution in [0, 0.1) is 0 Å². The third-order valence-electron chi connectivity index (χ3n) is 2.88. The van der Waals surface area contributed by atoms with Crippen molar-refractivity contribution in [3.8, 4) is 0 Å². The summed E-state index contributed by atoms with van der Waals surface area (Å²) < 4.78 is 13.4. The van der Waals surface area contributed by atoms with E-state index < -0.39 is 48.1 Å². The van der Waals surface area contributed by atoms with Gasteiger partial charge in [0.2, 0.25) is 0 Å². The number of amides is 2. The van der Waals surface area contributed by atoms with Crippen LogP contribution < -0.4 is 10.6 Å². The van der Waals surface area contributed by atoms with E-state index in [4.69, 9.17) is 15.3 Å². The maximum atomic E-state index is 13.4. The number of halogens is 1. The first-order valence-electron chi connectivity index (χ1n) is 6.85. The van der Waals surface area contributed by atoms with Crippen molar-refractivity contribution in [2.24, 2.45) is 0 Å². The van der Waals surface area contributed by atoms with Gasteiger partial charge in [-0.3, -0.25) is 4.79 Å². The fourth-order valence-corrected chi connectivity index (χ4v) is 1.63. The van der Waals surface area contributed by atoms with Gasteiger partial charge in [-0.15, -0.1) is 0 Å². The molecule has 2 amide bonds. The summed E-state index contributed by atoms with van der Waals surface area (Å²) in [4.78, 5) is 44.0. The molecule has 0 unspecified atom stereocenters. The smallest absolute Gasteiger partial charge is 0.326 e. The molecule has 0 rings (SSSR count). The maximum Gasteiger partial charge on any atom is 0.326 e. The number of hydrogen-bond donors (Lipinski definition) is 5. The number of nitrogens with one attached hydrogen (secondary N) is 2. The highest BCUT2D eigenvalue weighted by Crippen LogP contribution is 2.17. The number of alkyl halides is 1. The summed E-state index contributed by atoms with van der Waals surface area (Å²) in [7, 11) is 0. The van der Waals surface area contributed by atoms with E-state index in [2.05, 4.69) is 0 Å². The van der Waals surface area contributed by atoms with Crippen LogP contribution in [0.25, 0.3) is 0 Å². The first-order chi connectivity index (χ1) is 10.4. The predicted molar refractivity (Wildman–Crippen MR) is 75.8 cm³/mol. The van der Waals surface area contributed by atoms with Crippen molar-refractivity contribution < 1.29 is 38.9 Å². The molecular weight excluding hydrogens is 314 g/mol. The number of hydrogen-bond acceptors (Lipinski definition) is 4. The second-order valence-electron chi connectivity index (χ2n) is 5.59. The quantitative estimate of drug-likeness (QED) is 0.391. The molecule has 0 fully saturated rings. The van der Waals surface area contributed by atoms with Crippen LogP contribution >= 0.6 is 0 Å². The van der Waals surface area contributed by atoms with E-state index in [-0.39, 0.29) is 19.3 Å². The monoisotopic (exact) mass is 335 g/mol. The minimum absolute atomic E-state index is 0.119. The number of rotatable bonds is 10. The molecule has 0 aromatic rings. The Labute approximate surface area is 131 Å². The Bertz CT molecular complexity index is 462. The number of carbonyl (C=O) groups is 4. The van der Waals surface area contributed by atoms with E-state index in [1.807, 2.05) is 10.6 Å². The highest BCUT2D eigenvalue weighted by Gasteiger charge is 2.27. The Hall–Kier alpha value is -2.39. The van der Waals surface area contributed by atoms with Gasteiger partial charge >= 0.3 is 23.9 Å². The first kappa shape index (κ1) is 20.6. The zero-order valence-electron chi connectivity index (χ0n) is 12.8. The molecule has 0 aliphatic carbocycles. The van der Waals surface area contributed by atoms with Gasteiger partial charge in [0, 0.05) is 6.42 Å². The van der Waals surface area contributed by atoms with Crippen LogP contribution in [0.3, 0.4) is 0 Å². The molecule has 0 aliphatic heterocycles. The van der Waals surface area contributed by atoms with Gasteiger partial charge in [0.25, 0.3) is 0 Å². The van der Waals surface area contributed by atoms with Crippen molar-refractivity contribution in [2.75, 3.05) is 0 Å². The predicted octanol–water partition coefficient (Wildman–Crippen LogP) is 0.585. The van der Waals surface area contributed by atoms with E-state index in [0.717, 1.165) is 0 Å². The largest absolute Gasteiger partial charge is 0.481 e. The summed E-state index contributed by atoms with van der Waals surface area (Å²) in [5.74, 6) is -4.06. The lowest BCUT2D eigenvalue weighted by Crippen LogP contribution is -2.51. The van der Waals surface area contributed by atoms with Crippen molar-refractivity contribution in [1.29, 1.82) is 0 Å². The van der Waals surface area contributed by atoms with Crippen LogP contribution in [0.1, 0.15) is 39.5 Å². The molecule has 5 N–H and O–H groups in total. The zero-order chi connectivity index (χ0) is 18.2. The molecule has 0 aromatic carbocycles. The lowest BCUT2D eigenvalue weighted by atomic mass is 10.0. The second kappa shape index (κ2) is 8.91. The normalized spacial score (nSPS) is 13.7. The van der Waals surface area contributed by atoms with Gasteiger partial charge in [-0.1, -0.05) is 0 Å². The second-order valence-corrected chi connectivity index (χ2v) is 5.59. The summed E-state index contributed by atoms with van der Waals surface area (Å²) in [5, 5.41) is 30.4. The average molecular weight is 335 g/mol. The first-order valence-corrected chi connectivity index (χ1v) is 6.85. The summed E-state index contributed by atoms with van der Waals surface area (Å²) in [6.45, 7) is 2.52. The molecule has 2 atom stereocenters. The SMILES string of the molecule is CC(C)([18F])CC[C@H](NC(=O)N[C@@H](CCC(=O)O)C(=O)O)C(=O)O. The number of urea groups is 1. The van der Waals surface area contributed by atoms with Crippen LogP contribution in [-0.4, -0.2) is 57.0 Å². The third kappa shape index (κ3) is 10.0. The molecule has 23 heavy (non-hydrogen) atoms. The molecule has 10 heteroatoms. The van der Waals surface area contributed by atoms with Gasteiger partial charge in [0.1, 0.15) is 17.8 Å². The third-order valence-corrected chi connectivity index (χ3v) is 2.88. The van der Waals surface area contributed by atoms with Gasteiger partial charge in [-0.2, -0.15) is 0 Å². The number of carboxylic acid groups (broad SMARTS) is 3. The van der Waals surface area contributed by atoms with Gasteiger partial charge in [-0.25, -0.2) is 18.8 Å². The van der Waals surface area contributed by atoms with Crippen LogP contribution in [0.4, 0.5) is 9.18 Å². The molecule has 0 spiro atoms. The van der Waals surface area contributed by atoms with Gasteiger partial charge in [0.05, 0.1) is 0 Å². The van der Waals surface area contributed by atoms with Crippen LogP contribution in [0.5, 0.6) is 0 Å². The van der Waals surface area contributed by atoms with E-state index in [1.54, 1.807) is 0 Å². The van der Waals surface area contributed by atoms with Crippen molar-refractivity contribution in [1.82, 2.24) is 10.6 Å². The lowest BCUT2D eigenvalue weighted by molar-refractivity contribution is -0.141. The zero-order valence-corrected chi connectivity index (χ0v) is 12.8. The Morgan fingerprint density at radius 1 is 0.957 bits per heavy atom. The van der Waals surface area contributed by atoms with Crippen LogP contribution in [0.15, 0.2) is 0 Å². The Balaban J connectivity index is 4.62. The fourth-order valence-electron chi connectivity index (χ4n) is 1.63. The van der Waals surface area contributed by atoms with E-state index in [0.29, 0.717) is 0 Å². The molecule has 0 aliphatic rings. The molecule has 0 radical (unpaired) electrons. The van der Waals surface area contributed by atoms with Crippen molar-refractivity contribution in [3.05, 3.63) is 0 Å². The van der Waals surface area contributed by atoms with Gasteiger partial charge < -0.3 is 26.0 Å². The van der Waals surface area contributed by atoms with E-state index in [9.17, 15) is 23.6 Å². The summed E-state index contributed by atoms with van der Waals surface area (Å²) in [6, 6.07) is -3.94. The van der Waals surface area contributed by atoms with Gasteiger partial charge in [-0.05, 0) is 33.1 Å². The Morgan fingerprint density at radius 3 is 1.74 bits per heavy atom. The summed E-state index contributed by atoms with van der Waals surface area (Å²) in [6.07, 6.45) is -1.13. The highest BCUT2D eigenvalue weighted by molar-refractivity contribution is 5.86. The topological polar surface area (TPSA) is 153 Å². The molecule has 0 saturated carbocycles. The minimum Gasteiger partial charge on any atom is -0.481 e. The average Bonchev–Trinajstić information content (AvgIpc) is 2.37.